The quantitative estimate of drug-likeness (QED) is 0.240. The van der Waals surface area contributed by atoms with Gasteiger partial charge in [-0.3, -0.25) is 24.4 Å². The number of ether oxygens (including phenoxy) is 4. The molecule has 13 nitrogen and oxygen atoms in total. The topological polar surface area (TPSA) is 151 Å². The van der Waals surface area contributed by atoms with Gasteiger partial charge in [-0.15, -0.1) is 0 Å². The van der Waals surface area contributed by atoms with Crippen molar-refractivity contribution in [2.24, 2.45) is 16.3 Å². The van der Waals surface area contributed by atoms with Crippen LogP contribution in [0.4, 0.5) is 11.4 Å². The summed E-state index contributed by atoms with van der Waals surface area (Å²) in [6.45, 7) is 6.77. The third kappa shape index (κ3) is 4.20. The van der Waals surface area contributed by atoms with Crippen LogP contribution in [-0.2, 0) is 44.8 Å². The highest BCUT2D eigenvalue weighted by Gasteiger charge is 2.81. The Kier molecular flexibility index (Phi) is 8.18. The molecule has 10 atom stereocenters. The number of methoxy groups -OCH3 is 4. The molecule has 6 aliphatic heterocycles. The second-order valence-electron chi connectivity index (χ2n) is 18.2. The lowest BCUT2D eigenvalue weighted by molar-refractivity contribution is -0.209. The van der Waals surface area contributed by atoms with Gasteiger partial charge in [0.25, 0.3) is 0 Å². The zero-order valence-electron chi connectivity index (χ0n) is 34.9. The van der Waals surface area contributed by atoms with E-state index in [0.717, 1.165) is 35.4 Å². The molecule has 312 valence electrons. The van der Waals surface area contributed by atoms with Gasteiger partial charge in [-0.25, -0.2) is 4.79 Å². The van der Waals surface area contributed by atoms with E-state index < -0.39 is 62.7 Å². The van der Waals surface area contributed by atoms with Gasteiger partial charge in [-0.05, 0) is 55.5 Å². The maximum absolute atomic E-state index is 15.3. The van der Waals surface area contributed by atoms with Crippen LogP contribution in [0.25, 0.3) is 0 Å². The lowest BCUT2D eigenvalue weighted by Crippen LogP contribution is -2.80. The summed E-state index contributed by atoms with van der Waals surface area (Å²) in [6, 6.07) is 10.2. The largest absolute Gasteiger partial charge is 0.496 e. The smallest absolute Gasteiger partial charge is 0.341 e. The highest BCUT2D eigenvalue weighted by Crippen LogP contribution is 2.70. The first-order valence-corrected chi connectivity index (χ1v) is 21.0. The number of nitrogens with zero attached hydrogens (tertiary/aromatic N) is 4. The Morgan fingerprint density at radius 1 is 0.881 bits per heavy atom. The molecule has 0 bridgehead atoms. The Morgan fingerprint density at radius 2 is 1.63 bits per heavy atom. The van der Waals surface area contributed by atoms with Gasteiger partial charge in [0.2, 0.25) is 0 Å². The van der Waals surface area contributed by atoms with Gasteiger partial charge in [-0.1, -0.05) is 55.8 Å². The van der Waals surface area contributed by atoms with E-state index in [1.165, 1.54) is 21.3 Å². The van der Waals surface area contributed by atoms with Crippen LogP contribution in [0, 0.1) is 11.3 Å². The molecule has 10 rings (SSSR count). The first-order chi connectivity index (χ1) is 28.3. The minimum absolute atomic E-state index is 0.0406. The predicted molar refractivity (Wildman–Crippen MR) is 218 cm³/mol. The number of likely N-dealkylation sites (N-methyl/N-ethyl adjacent to an activating group) is 1. The lowest BCUT2D eigenvalue weighted by Gasteiger charge is -2.63. The third-order valence-electron chi connectivity index (χ3n) is 16.4. The Hall–Kier alpha value is -4.56. The molecule has 8 aliphatic rings. The molecule has 2 spiro atoms. The van der Waals surface area contributed by atoms with E-state index >= 15 is 4.79 Å². The normalized spacial score (nSPS) is 39.5. The van der Waals surface area contributed by atoms with Gasteiger partial charge in [-0.2, -0.15) is 0 Å². The Labute approximate surface area is 344 Å². The number of para-hydroxylation sites is 1. The van der Waals surface area contributed by atoms with Crippen molar-refractivity contribution in [2.75, 3.05) is 66.6 Å². The fourth-order valence-electron chi connectivity index (χ4n) is 14.7. The van der Waals surface area contributed by atoms with Crippen molar-refractivity contribution in [2.45, 2.75) is 91.5 Å². The summed E-state index contributed by atoms with van der Waals surface area (Å²) < 4.78 is 23.1. The molecule has 2 aromatic rings. The number of aliphatic imine (C=N–C) groups is 1. The molecule has 0 amide bonds. The molecular weight excluding hydrogens is 753 g/mol. The van der Waals surface area contributed by atoms with E-state index in [4.69, 9.17) is 23.9 Å². The number of esters is 3. The van der Waals surface area contributed by atoms with Crippen LogP contribution in [0.15, 0.2) is 65.2 Å². The first-order valence-electron chi connectivity index (χ1n) is 21.0. The summed E-state index contributed by atoms with van der Waals surface area (Å²) in [5.74, 6) is -3.08. The molecule has 6 heterocycles. The van der Waals surface area contributed by atoms with Crippen LogP contribution in [0.5, 0.6) is 5.75 Å². The first kappa shape index (κ1) is 38.6. The van der Waals surface area contributed by atoms with Gasteiger partial charge in [0.05, 0.1) is 57.3 Å². The molecule has 59 heavy (non-hydrogen) atoms. The van der Waals surface area contributed by atoms with E-state index in [1.807, 2.05) is 67.4 Å². The van der Waals surface area contributed by atoms with E-state index in [2.05, 4.69) is 22.8 Å². The van der Waals surface area contributed by atoms with Gasteiger partial charge < -0.3 is 34.1 Å². The van der Waals surface area contributed by atoms with Crippen molar-refractivity contribution in [1.82, 2.24) is 9.80 Å². The van der Waals surface area contributed by atoms with Gasteiger partial charge >= 0.3 is 17.9 Å². The van der Waals surface area contributed by atoms with E-state index in [9.17, 15) is 19.8 Å². The predicted octanol–water partition coefficient (Wildman–Crippen LogP) is 3.49. The van der Waals surface area contributed by atoms with Crippen molar-refractivity contribution in [1.29, 1.82) is 0 Å². The fourth-order valence-corrected chi connectivity index (χ4v) is 14.7. The average Bonchev–Trinajstić information content (AvgIpc) is 4.00. The summed E-state index contributed by atoms with van der Waals surface area (Å²) in [5.41, 5.74) is -2.79. The molecule has 0 aromatic heterocycles. The van der Waals surface area contributed by atoms with Crippen LogP contribution in [0.2, 0.25) is 0 Å². The molecule has 2 unspecified atom stereocenters. The highest BCUT2D eigenvalue weighted by molar-refractivity contribution is 6.22. The molecule has 2 saturated heterocycles. The lowest BCUT2D eigenvalue weighted by atomic mass is 9.44. The monoisotopic (exact) mass is 806 g/mol. The number of hydrogen-bond acceptors (Lipinski definition) is 13. The van der Waals surface area contributed by atoms with Gasteiger partial charge in [0.15, 0.2) is 5.60 Å². The number of anilines is 1. The number of carbonyl (C=O) groups excluding carboxylic acids is 3. The van der Waals surface area contributed by atoms with Crippen molar-refractivity contribution in [3.05, 3.63) is 76.9 Å². The number of benzene rings is 2. The molecule has 2 aromatic carbocycles. The standard InChI is InChI=1S/C46H54N4O9/c1-8-26-23-42(54)25-45(39(52)58-6,35-43(16-20-50(24-26)37(42)43)27-13-10-11-14-30(27)47-35)29-21-28-31(22-32(29)56-4)48(3)38-44(28)17-19-49-18-12-15-41(9-2,36(44)49)33(34(51)57-5)46(38,55)40(53)59-7/h10-15,21-23,33,36-38,54-55H,8-9,16-20,24-25H2,1-7H3/t33-,36+,37+,38?,41+,42-,43+,44-,45?,46-/m1/s1. The number of hydrogen-bond donors (Lipinski definition) is 2. The molecule has 2 N–H and O–H groups in total. The zero-order valence-corrected chi connectivity index (χ0v) is 34.9. The molecule has 0 radical (unpaired) electrons. The molecule has 2 saturated carbocycles. The Balaban J connectivity index is 1.29. The van der Waals surface area contributed by atoms with Crippen LogP contribution >= 0.6 is 0 Å². The Bertz CT molecular complexity index is 2310. The van der Waals surface area contributed by atoms with Crippen LogP contribution in [0.3, 0.4) is 0 Å². The van der Waals surface area contributed by atoms with Crippen molar-refractivity contribution in [3.8, 4) is 5.75 Å². The number of fused-ring (bicyclic) bond motifs is 2. The zero-order chi connectivity index (χ0) is 41.7. The highest BCUT2D eigenvalue weighted by atomic mass is 16.5. The second-order valence-corrected chi connectivity index (χ2v) is 18.2. The summed E-state index contributed by atoms with van der Waals surface area (Å²) in [5, 5.41) is 26.7. The Morgan fingerprint density at radius 3 is 2.32 bits per heavy atom. The van der Waals surface area contributed by atoms with E-state index in [-0.39, 0.29) is 18.5 Å². The second kappa shape index (κ2) is 12.5. The van der Waals surface area contributed by atoms with Crippen molar-refractivity contribution in [3.63, 3.8) is 0 Å². The minimum Gasteiger partial charge on any atom is -0.496 e. The van der Waals surface area contributed by atoms with Gasteiger partial charge in [0.1, 0.15) is 22.7 Å². The van der Waals surface area contributed by atoms with E-state index in [0.29, 0.717) is 61.6 Å². The summed E-state index contributed by atoms with van der Waals surface area (Å²) in [6.07, 6.45) is 8.35. The van der Waals surface area contributed by atoms with Gasteiger partial charge in [0, 0.05) is 67.3 Å². The third-order valence-corrected chi connectivity index (χ3v) is 16.4. The number of rotatable bonds is 7. The van der Waals surface area contributed by atoms with Crippen LogP contribution in [-0.4, -0.2) is 135 Å². The maximum atomic E-state index is 15.3. The molecule has 2 aliphatic carbocycles. The van der Waals surface area contributed by atoms with Crippen molar-refractivity contribution >= 4 is 35.0 Å². The van der Waals surface area contributed by atoms with Crippen LogP contribution < -0.4 is 9.64 Å². The molecule has 13 heteroatoms. The summed E-state index contributed by atoms with van der Waals surface area (Å²) in [7, 11) is 7.31. The average molecular weight is 807 g/mol. The number of aliphatic hydroxyl groups is 2. The molecule has 4 fully saturated rings. The fraction of sp³-hybridized carbons (Fsp3) is 0.565. The van der Waals surface area contributed by atoms with E-state index in [1.54, 1.807) is 7.11 Å². The SMILES string of the molecule is CCC1=C[C@@]2(O)CC(C(=O)OC)(c3cc4c(cc3OC)N(C)C3[C@]45CCN4CC=C[C@@](CC)([C@@H](C(=O)OC)[C@]3(O)C(=O)OC)[C@H]45)C3=Nc4ccccc4[C@@]34CCN(C1)[C@@H]24. The van der Waals surface area contributed by atoms with Crippen molar-refractivity contribution < 1.29 is 43.5 Å². The molecular formula is C46H54N4O9. The number of carbonyl (C=O) groups is 3. The summed E-state index contributed by atoms with van der Waals surface area (Å²) in [4.78, 5) is 56.0. The maximum Gasteiger partial charge on any atom is 0.341 e. The van der Waals surface area contributed by atoms with Crippen LogP contribution in [0.1, 0.15) is 62.6 Å². The minimum atomic E-state index is -2.36. The summed E-state index contributed by atoms with van der Waals surface area (Å²) >= 11 is 0.